The van der Waals surface area contributed by atoms with Crippen LogP contribution < -0.4 is 10.1 Å². The molecule has 178 valence electrons. The number of nitrogens with one attached hydrogen (secondary N) is 2. The van der Waals surface area contributed by atoms with Crippen LogP contribution in [0.3, 0.4) is 0 Å². The summed E-state index contributed by atoms with van der Waals surface area (Å²) in [7, 11) is 0. The molecule has 0 aliphatic heterocycles. The number of fused-ring (bicyclic) bond motifs is 1. The van der Waals surface area contributed by atoms with E-state index in [0.717, 1.165) is 44.7 Å². The number of nitrogens with zero attached hydrogens (tertiary/aromatic N) is 5. The Morgan fingerprint density at radius 3 is 2.80 bits per heavy atom. The van der Waals surface area contributed by atoms with E-state index in [0.29, 0.717) is 24.7 Å². The number of ether oxygens (including phenoxy) is 1. The van der Waals surface area contributed by atoms with E-state index in [1.54, 1.807) is 23.5 Å². The van der Waals surface area contributed by atoms with Gasteiger partial charge in [-0.15, -0.1) is 21.5 Å². The zero-order valence-electron chi connectivity index (χ0n) is 19.6. The van der Waals surface area contributed by atoms with Gasteiger partial charge in [0.15, 0.2) is 0 Å². The van der Waals surface area contributed by atoms with E-state index >= 15 is 0 Å². The van der Waals surface area contributed by atoms with Gasteiger partial charge < -0.3 is 10.1 Å². The van der Waals surface area contributed by atoms with Crippen molar-refractivity contribution in [1.29, 1.82) is 0 Å². The Kier molecular flexibility index (Phi) is 6.37. The van der Waals surface area contributed by atoms with Crippen molar-refractivity contribution >= 4 is 27.2 Å². The summed E-state index contributed by atoms with van der Waals surface area (Å²) in [6.07, 6.45) is 2.30. The third-order valence-electron chi connectivity index (χ3n) is 5.76. The molecule has 10 heteroatoms. The van der Waals surface area contributed by atoms with E-state index < -0.39 is 0 Å². The van der Waals surface area contributed by atoms with Crippen molar-refractivity contribution in [3.63, 3.8) is 0 Å². The Morgan fingerprint density at radius 2 is 2.00 bits per heavy atom. The first-order valence-corrected chi connectivity index (χ1v) is 12.1. The maximum Gasteiger partial charge on any atom is 0.208 e. The van der Waals surface area contributed by atoms with Crippen molar-refractivity contribution in [2.24, 2.45) is 0 Å². The zero-order chi connectivity index (χ0) is 24.4. The van der Waals surface area contributed by atoms with Crippen LogP contribution in [0.5, 0.6) is 5.75 Å². The summed E-state index contributed by atoms with van der Waals surface area (Å²) in [4.78, 5) is 10.0. The highest BCUT2D eigenvalue weighted by molar-refractivity contribution is 7.19. The molecule has 35 heavy (non-hydrogen) atoms. The number of aromatic amines is 1. The van der Waals surface area contributed by atoms with Crippen molar-refractivity contribution in [1.82, 2.24) is 30.6 Å². The third kappa shape index (κ3) is 4.69. The van der Waals surface area contributed by atoms with Gasteiger partial charge in [-0.1, -0.05) is 6.07 Å². The van der Waals surface area contributed by atoms with Gasteiger partial charge in [-0.25, -0.2) is 14.4 Å². The number of H-pyrrole nitrogens is 1. The zero-order valence-corrected chi connectivity index (χ0v) is 20.4. The maximum atomic E-state index is 14.0. The van der Waals surface area contributed by atoms with Crippen LogP contribution in [0, 0.1) is 19.7 Å². The molecule has 5 rings (SSSR count). The van der Waals surface area contributed by atoms with Crippen LogP contribution >= 0.6 is 11.3 Å². The lowest BCUT2D eigenvalue weighted by molar-refractivity contribution is 0.341. The van der Waals surface area contributed by atoms with Gasteiger partial charge in [0.05, 0.1) is 17.9 Å². The van der Waals surface area contributed by atoms with E-state index in [1.807, 2.05) is 38.1 Å². The van der Waals surface area contributed by atoms with Crippen LogP contribution in [0.2, 0.25) is 0 Å². The van der Waals surface area contributed by atoms with E-state index in [9.17, 15) is 4.39 Å². The molecule has 0 amide bonds. The molecule has 3 heterocycles. The molecule has 0 aliphatic carbocycles. The van der Waals surface area contributed by atoms with Crippen LogP contribution in [-0.2, 0) is 6.42 Å². The molecular formula is C25H24FN7OS. The molecule has 0 unspecified atom stereocenters. The minimum Gasteiger partial charge on any atom is -0.493 e. The Hall–Kier alpha value is -3.92. The summed E-state index contributed by atoms with van der Waals surface area (Å²) in [5, 5.41) is 18.6. The normalized spacial score (nSPS) is 11.2. The van der Waals surface area contributed by atoms with Gasteiger partial charge in [0, 0.05) is 27.8 Å². The second kappa shape index (κ2) is 9.75. The van der Waals surface area contributed by atoms with E-state index in [1.165, 1.54) is 16.8 Å². The van der Waals surface area contributed by atoms with Crippen molar-refractivity contribution < 1.29 is 9.13 Å². The van der Waals surface area contributed by atoms with Crippen molar-refractivity contribution in [2.45, 2.75) is 27.2 Å². The van der Waals surface area contributed by atoms with Crippen molar-refractivity contribution in [2.75, 3.05) is 18.5 Å². The van der Waals surface area contributed by atoms with Gasteiger partial charge in [-0.3, -0.25) is 0 Å². The number of thiophene rings is 1. The smallest absolute Gasteiger partial charge is 0.208 e. The fraction of sp³-hybridized carbons (Fsp3) is 0.240. The maximum absolute atomic E-state index is 14.0. The fourth-order valence-corrected chi connectivity index (χ4v) is 5.30. The number of aryl methyl sites for hydroxylation is 2. The molecule has 0 fully saturated rings. The number of hydrogen-bond donors (Lipinski definition) is 2. The summed E-state index contributed by atoms with van der Waals surface area (Å²) >= 11 is 1.72. The number of benzene rings is 2. The van der Waals surface area contributed by atoms with Gasteiger partial charge >= 0.3 is 0 Å². The van der Waals surface area contributed by atoms with Gasteiger partial charge in [0.25, 0.3) is 0 Å². The molecule has 0 saturated carbocycles. The summed E-state index contributed by atoms with van der Waals surface area (Å²) < 4.78 is 21.0. The summed E-state index contributed by atoms with van der Waals surface area (Å²) in [5.74, 6) is 1.65. The van der Waals surface area contributed by atoms with E-state index in [4.69, 9.17) is 4.74 Å². The molecule has 0 bridgehead atoms. The lowest BCUT2D eigenvalue weighted by atomic mass is 10.1. The molecule has 0 aliphatic rings. The second-order valence-electron chi connectivity index (χ2n) is 8.08. The molecular weight excluding hydrogens is 465 g/mol. The molecule has 0 atom stereocenters. The summed E-state index contributed by atoms with van der Waals surface area (Å²) in [5.41, 5.74) is 4.55. The highest BCUT2D eigenvalue weighted by Gasteiger charge is 2.14. The number of hydrogen-bond acceptors (Lipinski definition) is 8. The van der Waals surface area contributed by atoms with E-state index in [2.05, 4.69) is 42.8 Å². The quantitative estimate of drug-likeness (QED) is 0.303. The van der Waals surface area contributed by atoms with Crippen molar-refractivity contribution in [3.8, 4) is 28.4 Å². The molecule has 2 N–H and O–H groups in total. The minimum absolute atomic E-state index is 0.195. The largest absolute Gasteiger partial charge is 0.493 e. The van der Waals surface area contributed by atoms with Gasteiger partial charge in [-0.05, 0) is 73.2 Å². The van der Waals surface area contributed by atoms with Crippen LogP contribution in [0.4, 0.5) is 10.2 Å². The molecule has 8 nitrogen and oxygen atoms in total. The summed E-state index contributed by atoms with van der Waals surface area (Å²) in [6.45, 7) is 7.14. The number of rotatable bonds is 8. The van der Waals surface area contributed by atoms with Crippen LogP contribution in [-0.4, -0.2) is 43.7 Å². The minimum atomic E-state index is -0.195. The first-order valence-electron chi connectivity index (χ1n) is 11.3. The standard InChI is InChI=1S/C25H24FN7OS/c1-4-34-22-10-16(5-6-19(22)25-30-32-33-31-25)21-12-23(29-13-28-21)27-8-7-18-15(3)35-24-14(2)9-17(26)11-20(18)24/h5-6,9-13H,4,7-8H2,1-3H3,(H,27,28,29)(H,30,31,32,33). The highest BCUT2D eigenvalue weighted by atomic mass is 32.1. The Labute approximate surface area is 205 Å². The Morgan fingerprint density at radius 1 is 1.11 bits per heavy atom. The number of halogens is 1. The number of aromatic nitrogens is 6. The van der Waals surface area contributed by atoms with E-state index in [-0.39, 0.29) is 5.82 Å². The SMILES string of the molecule is CCOc1cc(-c2cc(NCCc3c(C)sc4c(C)cc(F)cc34)ncn2)ccc1-c1nn[nH]n1. The monoisotopic (exact) mass is 489 g/mol. The van der Waals surface area contributed by atoms with Crippen LogP contribution in [0.15, 0.2) is 42.7 Å². The predicted octanol–water partition coefficient (Wildman–Crippen LogP) is 5.35. The third-order valence-corrected chi connectivity index (χ3v) is 7.05. The lowest BCUT2D eigenvalue weighted by Gasteiger charge is -2.11. The van der Waals surface area contributed by atoms with Crippen LogP contribution in [0.25, 0.3) is 32.7 Å². The van der Waals surface area contributed by atoms with Gasteiger partial charge in [0.2, 0.25) is 5.82 Å². The molecule has 5 aromatic rings. The Balaban J connectivity index is 1.34. The van der Waals surface area contributed by atoms with Crippen molar-refractivity contribution in [3.05, 3.63) is 64.5 Å². The lowest BCUT2D eigenvalue weighted by Crippen LogP contribution is -2.07. The fourth-order valence-electron chi connectivity index (χ4n) is 4.15. The van der Waals surface area contributed by atoms with Gasteiger partial charge in [0.1, 0.15) is 23.7 Å². The Bertz CT molecular complexity index is 1480. The van der Waals surface area contributed by atoms with Crippen LogP contribution in [0.1, 0.15) is 22.9 Å². The molecule has 0 radical (unpaired) electrons. The summed E-state index contributed by atoms with van der Waals surface area (Å²) in [6, 6.07) is 10.9. The predicted molar refractivity (Wildman–Crippen MR) is 135 cm³/mol. The molecule has 2 aromatic carbocycles. The number of tetrazole rings is 1. The molecule has 0 spiro atoms. The second-order valence-corrected chi connectivity index (χ2v) is 9.31. The average Bonchev–Trinajstić information content (AvgIpc) is 3.49. The highest BCUT2D eigenvalue weighted by Crippen LogP contribution is 2.35. The number of anilines is 1. The first kappa shape index (κ1) is 22.9. The topological polar surface area (TPSA) is 101 Å². The van der Waals surface area contributed by atoms with Gasteiger partial charge in [-0.2, -0.15) is 5.21 Å². The molecule has 3 aromatic heterocycles. The molecule has 0 saturated heterocycles. The first-order chi connectivity index (χ1) is 17.0. The average molecular weight is 490 g/mol.